The number of anilines is 1. The van der Waals surface area contributed by atoms with Gasteiger partial charge in [-0.05, 0) is 68.6 Å². The molecule has 1 aliphatic rings. The molecule has 2 aromatic rings. The zero-order chi connectivity index (χ0) is 19.6. The molecule has 152 valence electrons. The minimum Gasteiger partial charge on any atom is -0.336 e. The molecule has 0 spiro atoms. The summed E-state index contributed by atoms with van der Waals surface area (Å²) < 4.78 is 28.0. The van der Waals surface area contributed by atoms with E-state index < -0.39 is 10.0 Å². The second-order valence-corrected chi connectivity index (χ2v) is 8.83. The highest BCUT2D eigenvalue weighted by atomic mass is 35.5. The number of hydrogen-bond acceptors (Lipinski definition) is 4. The molecule has 2 aromatic carbocycles. The van der Waals surface area contributed by atoms with Gasteiger partial charge in [0.1, 0.15) is 0 Å². The number of carbonyl (C=O) groups excluding carboxylic acids is 1. The summed E-state index contributed by atoms with van der Waals surface area (Å²) in [5.74, 6) is 0.130. The minimum absolute atomic E-state index is 0. The molecule has 1 aliphatic heterocycles. The number of aryl methyl sites for hydroxylation is 1. The fourth-order valence-electron chi connectivity index (χ4n) is 3.48. The van der Waals surface area contributed by atoms with Gasteiger partial charge in [-0.15, -0.1) is 12.4 Å². The summed E-state index contributed by atoms with van der Waals surface area (Å²) in [5.41, 5.74) is 7.55. The van der Waals surface area contributed by atoms with Crippen LogP contribution >= 0.6 is 12.4 Å². The van der Waals surface area contributed by atoms with Crippen LogP contribution in [-0.4, -0.2) is 38.4 Å². The molecule has 1 fully saturated rings. The second-order valence-electron chi connectivity index (χ2n) is 7.15. The average Bonchev–Trinajstić information content (AvgIpc) is 3.02. The Morgan fingerprint density at radius 3 is 2.57 bits per heavy atom. The van der Waals surface area contributed by atoms with Crippen molar-refractivity contribution in [3.05, 3.63) is 59.7 Å². The van der Waals surface area contributed by atoms with E-state index in [4.69, 9.17) is 5.73 Å². The van der Waals surface area contributed by atoms with Crippen LogP contribution in [0.3, 0.4) is 0 Å². The van der Waals surface area contributed by atoms with Gasteiger partial charge in [0.25, 0.3) is 15.9 Å². The van der Waals surface area contributed by atoms with Crippen molar-refractivity contribution in [1.82, 2.24) is 4.90 Å². The van der Waals surface area contributed by atoms with Crippen molar-refractivity contribution in [3.8, 4) is 0 Å². The third-order valence-corrected chi connectivity index (χ3v) is 6.30. The zero-order valence-corrected chi connectivity index (χ0v) is 17.6. The number of likely N-dealkylation sites (tertiary alicyclic amines) is 1. The summed E-state index contributed by atoms with van der Waals surface area (Å²) >= 11 is 0. The average molecular weight is 424 g/mol. The van der Waals surface area contributed by atoms with Crippen molar-refractivity contribution >= 4 is 34.0 Å². The maximum atomic E-state index is 12.9. The molecule has 8 heteroatoms. The predicted octanol–water partition coefficient (Wildman–Crippen LogP) is 3.03. The van der Waals surface area contributed by atoms with E-state index in [9.17, 15) is 13.2 Å². The van der Waals surface area contributed by atoms with Gasteiger partial charge in [-0.2, -0.15) is 0 Å². The molecule has 0 saturated carbocycles. The first-order valence-corrected chi connectivity index (χ1v) is 10.5. The highest BCUT2D eigenvalue weighted by Crippen LogP contribution is 2.25. The van der Waals surface area contributed by atoms with Crippen molar-refractivity contribution in [2.24, 2.45) is 11.7 Å². The molecule has 1 heterocycles. The number of rotatable bonds is 5. The molecule has 2 unspecified atom stereocenters. The monoisotopic (exact) mass is 423 g/mol. The number of nitrogens with two attached hydrogens (primary N) is 1. The first-order valence-electron chi connectivity index (χ1n) is 9.01. The highest BCUT2D eigenvalue weighted by Gasteiger charge is 2.32. The van der Waals surface area contributed by atoms with Gasteiger partial charge in [-0.25, -0.2) is 8.42 Å². The van der Waals surface area contributed by atoms with Crippen LogP contribution in [-0.2, 0) is 10.0 Å². The van der Waals surface area contributed by atoms with Gasteiger partial charge in [0.2, 0.25) is 0 Å². The zero-order valence-electron chi connectivity index (χ0n) is 16.0. The van der Waals surface area contributed by atoms with Crippen LogP contribution in [0.15, 0.2) is 53.4 Å². The summed E-state index contributed by atoms with van der Waals surface area (Å²) in [6.07, 6.45) is 0.870. The minimum atomic E-state index is -3.78. The largest absolute Gasteiger partial charge is 0.336 e. The number of hydrogen-bond donors (Lipinski definition) is 2. The molecular formula is C20H26ClN3O3S. The van der Waals surface area contributed by atoms with Gasteiger partial charge in [-0.3, -0.25) is 9.52 Å². The van der Waals surface area contributed by atoms with Gasteiger partial charge in [0.05, 0.1) is 4.90 Å². The molecule has 0 aliphatic carbocycles. The summed E-state index contributed by atoms with van der Waals surface area (Å²) in [6, 6.07) is 13.4. The third-order valence-electron chi connectivity index (χ3n) is 4.92. The molecule has 0 radical (unpaired) electrons. The van der Waals surface area contributed by atoms with Crippen molar-refractivity contribution in [2.45, 2.75) is 31.2 Å². The molecular weight excluding hydrogens is 398 g/mol. The van der Waals surface area contributed by atoms with E-state index in [1.807, 2.05) is 19.9 Å². The topological polar surface area (TPSA) is 92.5 Å². The van der Waals surface area contributed by atoms with E-state index in [1.54, 1.807) is 35.2 Å². The van der Waals surface area contributed by atoms with Crippen LogP contribution in [0.5, 0.6) is 0 Å². The van der Waals surface area contributed by atoms with Crippen LogP contribution < -0.4 is 10.5 Å². The van der Waals surface area contributed by atoms with Crippen molar-refractivity contribution in [1.29, 1.82) is 0 Å². The van der Waals surface area contributed by atoms with E-state index in [0.717, 1.165) is 12.0 Å². The molecule has 6 nitrogen and oxygen atoms in total. The van der Waals surface area contributed by atoms with E-state index >= 15 is 0 Å². The van der Waals surface area contributed by atoms with Gasteiger partial charge >= 0.3 is 0 Å². The standard InChI is InChI=1S/C20H25N3O3S.ClH/c1-14-5-3-7-18(9-14)22-27(25,26)19-8-4-6-17(11-19)20(24)23-13-16(12-21)10-15(23)2;/h3-9,11,15-16,22H,10,12-13,21H2,1-2H3;1H. The Bertz CT molecular complexity index is 949. The lowest BCUT2D eigenvalue weighted by molar-refractivity contribution is 0.0743. The number of amides is 1. The molecule has 1 amide bonds. The highest BCUT2D eigenvalue weighted by molar-refractivity contribution is 7.92. The molecule has 1 saturated heterocycles. The van der Waals surface area contributed by atoms with Crippen molar-refractivity contribution in [3.63, 3.8) is 0 Å². The van der Waals surface area contributed by atoms with Gasteiger partial charge in [-0.1, -0.05) is 18.2 Å². The molecule has 28 heavy (non-hydrogen) atoms. The van der Waals surface area contributed by atoms with E-state index in [1.165, 1.54) is 12.1 Å². The summed E-state index contributed by atoms with van der Waals surface area (Å²) in [7, 11) is -3.78. The third kappa shape index (κ3) is 4.84. The predicted molar refractivity (Wildman–Crippen MR) is 113 cm³/mol. The van der Waals surface area contributed by atoms with E-state index in [2.05, 4.69) is 4.72 Å². The quantitative estimate of drug-likeness (QED) is 0.773. The number of benzene rings is 2. The first-order chi connectivity index (χ1) is 12.8. The maximum absolute atomic E-state index is 12.9. The molecule has 3 rings (SSSR count). The Labute approximate surface area is 172 Å². The number of nitrogens with one attached hydrogen (secondary N) is 1. The Balaban J connectivity index is 0.00000280. The maximum Gasteiger partial charge on any atom is 0.261 e. The van der Waals surface area contributed by atoms with Crippen molar-refractivity contribution < 1.29 is 13.2 Å². The fraction of sp³-hybridized carbons (Fsp3) is 0.350. The number of nitrogens with zero attached hydrogens (tertiary/aromatic N) is 1. The fourth-order valence-corrected chi connectivity index (χ4v) is 4.58. The van der Waals surface area contributed by atoms with Gasteiger partial charge < -0.3 is 10.6 Å². The van der Waals surface area contributed by atoms with Crippen LogP contribution in [0.2, 0.25) is 0 Å². The normalized spacial score (nSPS) is 19.2. The molecule has 2 atom stereocenters. The number of halogens is 1. The Hall–Kier alpha value is -2.09. The Morgan fingerprint density at radius 2 is 1.93 bits per heavy atom. The lowest BCUT2D eigenvalue weighted by atomic mass is 10.1. The summed E-state index contributed by atoms with van der Waals surface area (Å²) in [4.78, 5) is 14.7. The van der Waals surface area contributed by atoms with Crippen LogP contribution in [0.1, 0.15) is 29.3 Å². The lowest BCUT2D eigenvalue weighted by Crippen LogP contribution is -2.34. The number of carbonyl (C=O) groups is 1. The van der Waals surface area contributed by atoms with Crippen LogP contribution in [0, 0.1) is 12.8 Å². The van der Waals surface area contributed by atoms with Gasteiger partial charge in [0, 0.05) is 23.8 Å². The second kappa shape index (κ2) is 8.94. The van der Waals surface area contributed by atoms with E-state index in [0.29, 0.717) is 30.3 Å². The van der Waals surface area contributed by atoms with Crippen LogP contribution in [0.4, 0.5) is 5.69 Å². The summed E-state index contributed by atoms with van der Waals surface area (Å²) in [6.45, 7) is 5.04. The SMILES string of the molecule is Cc1cccc(NS(=O)(=O)c2cccc(C(=O)N3CC(CN)CC3C)c2)c1.Cl. The van der Waals surface area contributed by atoms with Gasteiger partial charge in [0.15, 0.2) is 0 Å². The molecule has 0 aromatic heterocycles. The molecule has 3 N–H and O–H groups in total. The smallest absolute Gasteiger partial charge is 0.261 e. The van der Waals surface area contributed by atoms with Crippen LogP contribution in [0.25, 0.3) is 0 Å². The van der Waals surface area contributed by atoms with E-state index in [-0.39, 0.29) is 29.3 Å². The Morgan fingerprint density at radius 1 is 1.21 bits per heavy atom. The Kier molecular flexibility index (Phi) is 7.09. The lowest BCUT2D eigenvalue weighted by Gasteiger charge is -2.22. The molecule has 0 bridgehead atoms. The van der Waals surface area contributed by atoms with Crippen molar-refractivity contribution in [2.75, 3.05) is 17.8 Å². The summed E-state index contributed by atoms with van der Waals surface area (Å²) in [5, 5.41) is 0. The number of sulfonamides is 1. The first kappa shape index (κ1) is 22.2.